The molecule has 1 aromatic heterocycles. The minimum absolute atomic E-state index is 0.0943. The zero-order valence-electron chi connectivity index (χ0n) is 27.7. The van der Waals surface area contributed by atoms with E-state index in [-0.39, 0.29) is 22.9 Å². The van der Waals surface area contributed by atoms with Crippen molar-refractivity contribution in [2.45, 2.75) is 92.9 Å². The topological polar surface area (TPSA) is 65.7 Å². The Labute approximate surface area is 263 Å². The van der Waals surface area contributed by atoms with E-state index < -0.39 is 0 Å². The van der Waals surface area contributed by atoms with Crippen LogP contribution in [0.2, 0.25) is 0 Å². The lowest BCUT2D eigenvalue weighted by Gasteiger charge is -2.48. The molecule has 0 radical (unpaired) electrons. The van der Waals surface area contributed by atoms with Gasteiger partial charge in [-0.2, -0.15) is 0 Å². The van der Waals surface area contributed by atoms with Crippen molar-refractivity contribution in [1.82, 2.24) is 0 Å². The minimum Gasteiger partial charge on any atom is -0.493 e. The molecule has 3 aliphatic carbocycles. The summed E-state index contributed by atoms with van der Waals surface area (Å²) in [5.41, 5.74) is 5.71. The van der Waals surface area contributed by atoms with Crippen LogP contribution in [0.25, 0.3) is 11.0 Å². The molecule has 5 heteroatoms. The third-order valence-electron chi connectivity index (χ3n) is 11.5. The summed E-state index contributed by atoms with van der Waals surface area (Å²) >= 11 is 0. The van der Waals surface area contributed by atoms with Crippen molar-refractivity contribution in [2.24, 2.45) is 40.9 Å². The van der Waals surface area contributed by atoms with Gasteiger partial charge in [0, 0.05) is 29.4 Å². The molecule has 1 heterocycles. The van der Waals surface area contributed by atoms with Gasteiger partial charge in [-0.25, -0.2) is 4.79 Å². The molecule has 5 rings (SSSR count). The number of esters is 1. The summed E-state index contributed by atoms with van der Waals surface area (Å²) in [6, 6.07) is 8.86. The second kappa shape index (κ2) is 13.5. The molecule has 5 nitrogen and oxygen atoms in total. The highest BCUT2D eigenvalue weighted by molar-refractivity contribution is 5.77. The van der Waals surface area contributed by atoms with Crippen LogP contribution in [0.3, 0.4) is 0 Å². The molecular formula is C39H52O5. The van der Waals surface area contributed by atoms with Crippen LogP contribution in [0.15, 0.2) is 74.5 Å². The summed E-state index contributed by atoms with van der Waals surface area (Å²) in [6.45, 7) is 18.9. The molecule has 0 spiro atoms. The zero-order valence-corrected chi connectivity index (χ0v) is 27.7. The molecule has 0 saturated heterocycles. The Morgan fingerprint density at radius 1 is 1.16 bits per heavy atom. The van der Waals surface area contributed by atoms with Gasteiger partial charge in [-0.05, 0) is 119 Å². The van der Waals surface area contributed by atoms with E-state index in [0.29, 0.717) is 60.6 Å². The van der Waals surface area contributed by atoms with E-state index in [4.69, 9.17) is 13.9 Å². The summed E-state index contributed by atoms with van der Waals surface area (Å²) in [5.74, 6) is 3.38. The van der Waals surface area contributed by atoms with Gasteiger partial charge in [0.2, 0.25) is 0 Å². The van der Waals surface area contributed by atoms with Crippen LogP contribution in [0.4, 0.5) is 0 Å². The van der Waals surface area contributed by atoms with Crippen molar-refractivity contribution in [3.05, 3.63) is 75.7 Å². The lowest BCUT2D eigenvalue weighted by Crippen LogP contribution is -2.44. The molecule has 7 atom stereocenters. The summed E-state index contributed by atoms with van der Waals surface area (Å²) < 4.78 is 17.8. The molecular weight excluding hydrogens is 548 g/mol. The largest absolute Gasteiger partial charge is 0.493 e. The average molecular weight is 601 g/mol. The van der Waals surface area contributed by atoms with Crippen molar-refractivity contribution in [3.63, 3.8) is 0 Å². The van der Waals surface area contributed by atoms with Crippen molar-refractivity contribution in [2.75, 3.05) is 13.2 Å². The quantitative estimate of drug-likeness (QED) is 0.163. The molecule has 238 valence electrons. The molecule has 1 aromatic carbocycles. The molecule has 0 amide bonds. The normalized spacial score (nSPS) is 29.5. The molecule has 2 aromatic rings. The highest BCUT2D eigenvalue weighted by Crippen LogP contribution is 2.51. The standard InChI is InChI=1S/C39H52O5/c1-24(2)31-16-10-28(6)39(7,23-43-30-13-11-29-12-18-38(41)44-36(29)21-30)35(31)17-19-37(40)42-22-27(5)33-15-9-26(4)32-14-8-25(3)20-34(32)33/h9,11-13,18,21,27-28,32-35H,3,8,10,14-17,19-20,22-23H2,1-2,4-7H3/t27?,28-,32?,33?,34?,35-,39-/m0/s1. The second-order valence-electron chi connectivity index (χ2n) is 14.6. The van der Waals surface area contributed by atoms with Crippen LogP contribution in [0.1, 0.15) is 92.9 Å². The number of carbonyl (C=O) groups excluding carboxylic acids is 1. The molecule has 44 heavy (non-hydrogen) atoms. The summed E-state index contributed by atoms with van der Waals surface area (Å²) in [5, 5.41) is 0.866. The van der Waals surface area contributed by atoms with E-state index in [2.05, 4.69) is 54.2 Å². The van der Waals surface area contributed by atoms with Crippen molar-refractivity contribution in [3.8, 4) is 5.75 Å². The van der Waals surface area contributed by atoms with E-state index in [9.17, 15) is 9.59 Å². The SMILES string of the molecule is C=C1CCC2C(C)=CCC(C(C)COC(=O)CC[C@H]3C(=C(C)C)CC[C@H](C)[C@]3(C)COc3ccc4ccc(=O)oc4c3)C2C1. The fourth-order valence-corrected chi connectivity index (χ4v) is 8.48. The Morgan fingerprint density at radius 3 is 2.70 bits per heavy atom. The van der Waals surface area contributed by atoms with Gasteiger partial charge in [-0.15, -0.1) is 0 Å². The van der Waals surface area contributed by atoms with Gasteiger partial charge in [0.25, 0.3) is 0 Å². The van der Waals surface area contributed by atoms with Crippen LogP contribution in [0.5, 0.6) is 5.75 Å². The fourth-order valence-electron chi connectivity index (χ4n) is 8.48. The van der Waals surface area contributed by atoms with Gasteiger partial charge in [-0.1, -0.05) is 55.7 Å². The highest BCUT2D eigenvalue weighted by Gasteiger charge is 2.45. The van der Waals surface area contributed by atoms with Crippen LogP contribution in [0, 0.1) is 40.9 Å². The fraction of sp³-hybridized carbons (Fsp3) is 0.590. The first-order valence-corrected chi connectivity index (χ1v) is 16.8. The van der Waals surface area contributed by atoms with Crippen LogP contribution in [-0.2, 0) is 9.53 Å². The number of hydrogen-bond donors (Lipinski definition) is 0. The smallest absolute Gasteiger partial charge is 0.336 e. The maximum Gasteiger partial charge on any atom is 0.336 e. The number of allylic oxidation sites excluding steroid dienone is 5. The van der Waals surface area contributed by atoms with E-state index in [1.807, 2.05) is 12.1 Å². The lowest BCUT2D eigenvalue weighted by molar-refractivity contribution is -0.146. The van der Waals surface area contributed by atoms with E-state index in [0.717, 1.165) is 43.9 Å². The van der Waals surface area contributed by atoms with Crippen LogP contribution in [-0.4, -0.2) is 19.2 Å². The number of fused-ring (bicyclic) bond motifs is 2. The summed E-state index contributed by atoms with van der Waals surface area (Å²) in [4.78, 5) is 25.0. The number of carbonyl (C=O) groups is 1. The van der Waals surface area contributed by atoms with Crippen LogP contribution >= 0.6 is 0 Å². The van der Waals surface area contributed by atoms with Gasteiger partial charge in [0.1, 0.15) is 11.3 Å². The monoisotopic (exact) mass is 600 g/mol. The Bertz CT molecular complexity index is 1490. The van der Waals surface area contributed by atoms with Crippen molar-refractivity contribution >= 4 is 16.9 Å². The number of benzene rings is 1. The summed E-state index contributed by atoms with van der Waals surface area (Å²) in [7, 11) is 0. The van der Waals surface area contributed by atoms with E-state index in [1.54, 1.807) is 17.7 Å². The van der Waals surface area contributed by atoms with Gasteiger partial charge in [0.15, 0.2) is 0 Å². The third kappa shape index (κ3) is 6.92. The molecule has 2 saturated carbocycles. The lowest BCUT2D eigenvalue weighted by atomic mass is 9.58. The Balaban J connectivity index is 1.23. The Kier molecular flexibility index (Phi) is 9.92. The van der Waals surface area contributed by atoms with E-state index >= 15 is 0 Å². The Hall–Kier alpha value is -3.08. The molecule has 0 aliphatic heterocycles. The highest BCUT2D eigenvalue weighted by atomic mass is 16.5. The number of hydrogen-bond acceptors (Lipinski definition) is 5. The van der Waals surface area contributed by atoms with Gasteiger partial charge < -0.3 is 13.9 Å². The first kappa shape index (κ1) is 32.3. The first-order valence-electron chi connectivity index (χ1n) is 16.8. The maximum absolute atomic E-state index is 13.2. The predicted octanol–water partition coefficient (Wildman–Crippen LogP) is 9.46. The molecule has 3 aliphatic rings. The number of ether oxygens (including phenoxy) is 2. The van der Waals surface area contributed by atoms with Crippen LogP contribution < -0.4 is 10.4 Å². The minimum atomic E-state index is -0.369. The second-order valence-corrected chi connectivity index (χ2v) is 14.6. The van der Waals surface area contributed by atoms with Gasteiger partial charge in [-0.3, -0.25) is 4.79 Å². The van der Waals surface area contributed by atoms with Gasteiger partial charge >= 0.3 is 11.6 Å². The third-order valence-corrected chi connectivity index (χ3v) is 11.5. The first-order chi connectivity index (χ1) is 21.0. The summed E-state index contributed by atoms with van der Waals surface area (Å²) in [6.07, 6.45) is 10.3. The predicted molar refractivity (Wildman–Crippen MR) is 178 cm³/mol. The van der Waals surface area contributed by atoms with Gasteiger partial charge in [0.05, 0.1) is 13.2 Å². The molecule has 0 N–H and O–H groups in total. The van der Waals surface area contributed by atoms with Crippen molar-refractivity contribution < 1.29 is 18.7 Å². The zero-order chi connectivity index (χ0) is 31.6. The Morgan fingerprint density at radius 2 is 1.93 bits per heavy atom. The molecule has 4 unspecified atom stereocenters. The van der Waals surface area contributed by atoms with E-state index in [1.165, 1.54) is 29.2 Å². The number of rotatable bonds is 9. The molecule has 2 fully saturated rings. The molecule has 0 bridgehead atoms. The van der Waals surface area contributed by atoms with Crippen molar-refractivity contribution in [1.29, 1.82) is 0 Å². The maximum atomic E-state index is 13.2. The average Bonchev–Trinajstić information content (AvgIpc) is 2.99.